The van der Waals surface area contributed by atoms with Gasteiger partial charge >= 0.3 is 5.97 Å². The standard InChI is InChI=1S/C22H32N2O6/c1-17(25)29-20(15-24-9-11-27-12-10-24)16-28-23-14-18-7-8-21(26-2)22(13-18)30-19-5-3-4-6-19/h7-8,13-14,19-20H,3-6,9-12,15-16H2,1-2H3/b23-14+/t20-/m1/s1. The smallest absolute Gasteiger partial charge is 0.303 e. The van der Waals surface area contributed by atoms with Crippen LogP contribution in [0.4, 0.5) is 0 Å². The van der Waals surface area contributed by atoms with E-state index in [0.29, 0.717) is 25.5 Å². The summed E-state index contributed by atoms with van der Waals surface area (Å²) in [4.78, 5) is 19.0. The van der Waals surface area contributed by atoms with Gasteiger partial charge in [0.2, 0.25) is 0 Å². The lowest BCUT2D eigenvalue weighted by Crippen LogP contribution is -2.43. The topological polar surface area (TPSA) is 78.8 Å². The highest BCUT2D eigenvalue weighted by atomic mass is 16.6. The maximum atomic E-state index is 11.4. The first kappa shape index (κ1) is 22.4. The van der Waals surface area contributed by atoms with Crippen LogP contribution in [0.5, 0.6) is 11.5 Å². The molecule has 1 atom stereocenters. The van der Waals surface area contributed by atoms with Crippen LogP contribution in [0.2, 0.25) is 0 Å². The summed E-state index contributed by atoms with van der Waals surface area (Å²) in [5.74, 6) is 1.10. The van der Waals surface area contributed by atoms with Gasteiger partial charge in [0.1, 0.15) is 0 Å². The molecule has 0 unspecified atom stereocenters. The summed E-state index contributed by atoms with van der Waals surface area (Å²) >= 11 is 0. The highest BCUT2D eigenvalue weighted by Gasteiger charge is 2.20. The molecule has 0 spiro atoms. The summed E-state index contributed by atoms with van der Waals surface area (Å²) in [6, 6.07) is 5.66. The molecule has 1 heterocycles. The van der Waals surface area contributed by atoms with Crippen molar-refractivity contribution in [1.29, 1.82) is 0 Å². The van der Waals surface area contributed by atoms with Crippen LogP contribution in [0, 0.1) is 0 Å². The fourth-order valence-corrected chi connectivity index (χ4v) is 3.71. The SMILES string of the molecule is COc1ccc(/C=N/OC[C@@H](CN2CCOCC2)OC(C)=O)cc1OC1CCCC1. The second-order valence-electron chi connectivity index (χ2n) is 7.61. The number of carbonyl (C=O) groups is 1. The highest BCUT2D eigenvalue weighted by Crippen LogP contribution is 2.32. The minimum absolute atomic E-state index is 0.190. The molecule has 0 radical (unpaired) electrons. The Labute approximate surface area is 178 Å². The Hall–Kier alpha value is -2.32. The van der Waals surface area contributed by atoms with E-state index in [-0.39, 0.29) is 24.8 Å². The number of oxime groups is 1. The van der Waals surface area contributed by atoms with Gasteiger partial charge in [-0.3, -0.25) is 9.69 Å². The maximum absolute atomic E-state index is 11.4. The lowest BCUT2D eigenvalue weighted by Gasteiger charge is -2.29. The van der Waals surface area contributed by atoms with Crippen LogP contribution >= 0.6 is 0 Å². The first-order chi connectivity index (χ1) is 14.6. The number of morpholine rings is 1. The van der Waals surface area contributed by atoms with Crippen LogP contribution in [0.15, 0.2) is 23.4 Å². The molecule has 1 aliphatic carbocycles. The van der Waals surface area contributed by atoms with Gasteiger partial charge in [-0.1, -0.05) is 5.16 Å². The minimum atomic E-state index is -0.380. The number of esters is 1. The van der Waals surface area contributed by atoms with E-state index >= 15 is 0 Å². The lowest BCUT2D eigenvalue weighted by atomic mass is 10.2. The second kappa shape index (κ2) is 11.8. The van der Waals surface area contributed by atoms with E-state index in [1.54, 1.807) is 13.3 Å². The van der Waals surface area contributed by atoms with Crippen LogP contribution in [0.1, 0.15) is 38.2 Å². The number of ether oxygens (including phenoxy) is 4. The molecule has 8 heteroatoms. The van der Waals surface area contributed by atoms with E-state index in [1.165, 1.54) is 19.8 Å². The molecule has 0 aromatic heterocycles. The summed E-state index contributed by atoms with van der Waals surface area (Å²) < 4.78 is 22.3. The zero-order valence-electron chi connectivity index (χ0n) is 17.9. The average Bonchev–Trinajstić information content (AvgIpc) is 3.25. The van der Waals surface area contributed by atoms with Crippen molar-refractivity contribution in [2.45, 2.75) is 44.8 Å². The minimum Gasteiger partial charge on any atom is -0.493 e. The van der Waals surface area contributed by atoms with Gasteiger partial charge in [-0.25, -0.2) is 0 Å². The number of nitrogens with zero attached hydrogens (tertiary/aromatic N) is 2. The number of benzene rings is 1. The summed E-state index contributed by atoms with van der Waals surface area (Å²) in [5.41, 5.74) is 0.848. The van der Waals surface area contributed by atoms with Gasteiger partial charge in [0, 0.05) is 32.1 Å². The van der Waals surface area contributed by atoms with Gasteiger partial charge in [-0.05, 0) is 43.9 Å². The Bertz CT molecular complexity index is 699. The molecular formula is C22H32N2O6. The normalized spacial score (nSPS) is 19.0. The third-order valence-electron chi connectivity index (χ3n) is 5.22. The molecule has 3 rings (SSSR count). The van der Waals surface area contributed by atoms with E-state index in [0.717, 1.165) is 37.2 Å². The number of carbonyl (C=O) groups excluding carboxylic acids is 1. The lowest BCUT2D eigenvalue weighted by molar-refractivity contribution is -0.151. The van der Waals surface area contributed by atoms with Crippen molar-refractivity contribution in [3.05, 3.63) is 23.8 Å². The molecule has 1 saturated heterocycles. The molecule has 2 aliphatic rings. The van der Waals surface area contributed by atoms with Crippen LogP contribution in [0.25, 0.3) is 0 Å². The predicted molar refractivity (Wildman–Crippen MR) is 112 cm³/mol. The van der Waals surface area contributed by atoms with E-state index < -0.39 is 0 Å². The zero-order chi connectivity index (χ0) is 21.2. The van der Waals surface area contributed by atoms with Crippen molar-refractivity contribution >= 4 is 12.2 Å². The van der Waals surface area contributed by atoms with E-state index in [2.05, 4.69) is 10.1 Å². The number of hydrogen-bond acceptors (Lipinski definition) is 8. The van der Waals surface area contributed by atoms with Gasteiger partial charge in [0.25, 0.3) is 0 Å². The highest BCUT2D eigenvalue weighted by molar-refractivity contribution is 5.80. The fraction of sp³-hybridized carbons (Fsp3) is 0.636. The van der Waals surface area contributed by atoms with E-state index in [9.17, 15) is 4.79 Å². The van der Waals surface area contributed by atoms with Crippen molar-refractivity contribution in [2.24, 2.45) is 5.16 Å². The van der Waals surface area contributed by atoms with E-state index in [4.69, 9.17) is 23.8 Å². The molecule has 30 heavy (non-hydrogen) atoms. The van der Waals surface area contributed by atoms with Gasteiger partial charge in [0.05, 0.1) is 32.6 Å². The third kappa shape index (κ3) is 7.18. The predicted octanol–water partition coefficient (Wildman–Crippen LogP) is 2.63. The summed E-state index contributed by atoms with van der Waals surface area (Å²) in [5, 5.41) is 4.05. The van der Waals surface area contributed by atoms with Crippen LogP contribution in [0.3, 0.4) is 0 Å². The summed E-state index contributed by atoms with van der Waals surface area (Å²) in [6.07, 6.45) is 6.05. The van der Waals surface area contributed by atoms with Crippen molar-refractivity contribution in [3.63, 3.8) is 0 Å². The van der Waals surface area contributed by atoms with Crippen molar-refractivity contribution < 1.29 is 28.6 Å². The summed E-state index contributed by atoms with van der Waals surface area (Å²) in [7, 11) is 1.64. The van der Waals surface area contributed by atoms with Crippen molar-refractivity contribution in [2.75, 3.05) is 46.6 Å². The molecule has 166 valence electrons. The molecule has 0 N–H and O–H groups in total. The van der Waals surface area contributed by atoms with Crippen LogP contribution in [-0.4, -0.2) is 75.9 Å². The van der Waals surface area contributed by atoms with Crippen LogP contribution < -0.4 is 9.47 Å². The van der Waals surface area contributed by atoms with Gasteiger partial charge in [-0.15, -0.1) is 0 Å². The molecular weight excluding hydrogens is 388 g/mol. The second-order valence-corrected chi connectivity index (χ2v) is 7.61. The molecule has 1 aromatic rings. The molecule has 2 fully saturated rings. The van der Waals surface area contributed by atoms with Crippen molar-refractivity contribution in [1.82, 2.24) is 4.90 Å². The van der Waals surface area contributed by atoms with Gasteiger partial charge < -0.3 is 23.8 Å². The molecule has 0 amide bonds. The number of methoxy groups -OCH3 is 1. The molecule has 1 saturated carbocycles. The quantitative estimate of drug-likeness (QED) is 0.327. The first-order valence-electron chi connectivity index (χ1n) is 10.6. The number of hydrogen-bond donors (Lipinski definition) is 0. The van der Waals surface area contributed by atoms with E-state index in [1.807, 2.05) is 18.2 Å². The van der Waals surface area contributed by atoms with Gasteiger partial charge in [0.15, 0.2) is 24.2 Å². The largest absolute Gasteiger partial charge is 0.493 e. The Kier molecular flexibility index (Phi) is 8.77. The zero-order valence-corrected chi connectivity index (χ0v) is 17.9. The Morgan fingerprint density at radius 3 is 2.73 bits per heavy atom. The average molecular weight is 421 g/mol. The molecule has 8 nitrogen and oxygen atoms in total. The first-order valence-corrected chi connectivity index (χ1v) is 10.6. The van der Waals surface area contributed by atoms with Crippen molar-refractivity contribution in [3.8, 4) is 11.5 Å². The Morgan fingerprint density at radius 2 is 2.03 bits per heavy atom. The number of rotatable bonds is 10. The Balaban J connectivity index is 1.53. The maximum Gasteiger partial charge on any atom is 0.303 e. The Morgan fingerprint density at radius 1 is 1.27 bits per heavy atom. The fourth-order valence-electron chi connectivity index (χ4n) is 3.71. The molecule has 0 bridgehead atoms. The molecule has 1 aromatic carbocycles. The van der Waals surface area contributed by atoms with Crippen LogP contribution in [-0.2, 0) is 19.1 Å². The third-order valence-corrected chi connectivity index (χ3v) is 5.22. The monoisotopic (exact) mass is 420 g/mol. The van der Waals surface area contributed by atoms with Gasteiger partial charge in [-0.2, -0.15) is 0 Å². The summed E-state index contributed by atoms with van der Waals surface area (Å²) in [6.45, 7) is 5.20. The molecule has 1 aliphatic heterocycles.